The van der Waals surface area contributed by atoms with Crippen molar-refractivity contribution in [1.82, 2.24) is 19.9 Å². The fraction of sp³-hybridized carbons (Fsp3) is 0.538. The molecule has 0 unspecified atom stereocenters. The Kier molecular flexibility index (Phi) is 2.66. The lowest BCUT2D eigenvalue weighted by Gasteiger charge is -2.19. The zero-order valence-corrected chi connectivity index (χ0v) is 11.1. The number of alkyl halides is 3. The van der Waals surface area contributed by atoms with Crippen molar-refractivity contribution in [2.24, 2.45) is 11.8 Å². The van der Waals surface area contributed by atoms with E-state index in [1.807, 2.05) is 0 Å². The van der Waals surface area contributed by atoms with Crippen LogP contribution in [0.3, 0.4) is 0 Å². The van der Waals surface area contributed by atoms with Crippen LogP contribution in [0.5, 0.6) is 0 Å². The van der Waals surface area contributed by atoms with Gasteiger partial charge in [0.05, 0.1) is 0 Å². The molecular weight excluding hydrogens is 283 g/mol. The van der Waals surface area contributed by atoms with Crippen molar-refractivity contribution < 1.29 is 13.2 Å². The highest BCUT2D eigenvalue weighted by atomic mass is 19.4. The summed E-state index contributed by atoms with van der Waals surface area (Å²) >= 11 is 0. The maximum atomic E-state index is 12.8. The number of hydrogen-bond donors (Lipinski definition) is 1. The third-order valence-corrected chi connectivity index (χ3v) is 4.35. The Labute approximate surface area is 118 Å². The van der Waals surface area contributed by atoms with Crippen LogP contribution >= 0.6 is 0 Å². The van der Waals surface area contributed by atoms with Crippen molar-refractivity contribution in [2.75, 3.05) is 31.1 Å². The van der Waals surface area contributed by atoms with E-state index in [1.165, 1.54) is 16.9 Å². The molecule has 0 radical (unpaired) electrons. The molecule has 2 atom stereocenters. The number of nitrogens with zero attached hydrogens (tertiary/aromatic N) is 4. The Balaban J connectivity index is 1.74. The molecule has 5 nitrogen and oxygen atoms in total. The summed E-state index contributed by atoms with van der Waals surface area (Å²) in [6.45, 7) is 3.60. The lowest BCUT2D eigenvalue weighted by Crippen LogP contribution is -2.26. The number of hydrogen-bond acceptors (Lipinski definition) is 4. The van der Waals surface area contributed by atoms with Crippen molar-refractivity contribution in [1.29, 1.82) is 0 Å². The average molecular weight is 297 g/mol. The first-order chi connectivity index (χ1) is 10.0. The Hall–Kier alpha value is -1.83. The van der Waals surface area contributed by atoms with Gasteiger partial charge >= 0.3 is 6.18 Å². The molecule has 0 aromatic carbocycles. The lowest BCUT2D eigenvalue weighted by atomic mass is 10.0. The Bertz CT molecular complexity index is 668. The van der Waals surface area contributed by atoms with Gasteiger partial charge < -0.3 is 10.2 Å². The molecule has 21 heavy (non-hydrogen) atoms. The number of fused-ring (bicyclic) bond motifs is 2. The summed E-state index contributed by atoms with van der Waals surface area (Å²) in [5.74, 6) is 1.70. The highest BCUT2D eigenvalue weighted by Crippen LogP contribution is 2.34. The van der Waals surface area contributed by atoms with Gasteiger partial charge in [-0.2, -0.15) is 18.3 Å². The minimum atomic E-state index is -4.44. The first kappa shape index (κ1) is 12.9. The summed E-state index contributed by atoms with van der Waals surface area (Å²) < 4.78 is 39.7. The molecule has 112 valence electrons. The SMILES string of the molecule is FC(F)(F)c1cc2c(N3C[C@H]4CNC[C@H]4C3)nccn2n1. The minimum absolute atomic E-state index is 0.415. The van der Waals surface area contributed by atoms with Gasteiger partial charge in [0.2, 0.25) is 0 Å². The van der Waals surface area contributed by atoms with E-state index in [2.05, 4.69) is 20.3 Å². The van der Waals surface area contributed by atoms with E-state index in [0.29, 0.717) is 23.2 Å². The topological polar surface area (TPSA) is 45.5 Å². The van der Waals surface area contributed by atoms with E-state index in [0.717, 1.165) is 32.2 Å². The van der Waals surface area contributed by atoms with Crippen molar-refractivity contribution in [2.45, 2.75) is 6.18 Å². The van der Waals surface area contributed by atoms with E-state index in [4.69, 9.17) is 0 Å². The van der Waals surface area contributed by atoms with E-state index < -0.39 is 11.9 Å². The van der Waals surface area contributed by atoms with Crippen LogP contribution in [-0.2, 0) is 6.18 Å². The van der Waals surface area contributed by atoms with Crippen LogP contribution in [0.4, 0.5) is 19.0 Å². The van der Waals surface area contributed by atoms with E-state index in [9.17, 15) is 13.2 Å². The second-order valence-electron chi connectivity index (χ2n) is 5.69. The van der Waals surface area contributed by atoms with Gasteiger partial charge in [0, 0.05) is 44.6 Å². The summed E-state index contributed by atoms with van der Waals surface area (Å²) in [6, 6.07) is 1.08. The quantitative estimate of drug-likeness (QED) is 0.864. The van der Waals surface area contributed by atoms with Crippen molar-refractivity contribution in [3.63, 3.8) is 0 Å². The van der Waals surface area contributed by atoms with Crippen molar-refractivity contribution in [3.05, 3.63) is 24.2 Å². The van der Waals surface area contributed by atoms with Gasteiger partial charge in [0.25, 0.3) is 0 Å². The third kappa shape index (κ3) is 2.05. The molecule has 2 aliphatic rings. The van der Waals surface area contributed by atoms with Crippen LogP contribution in [0.1, 0.15) is 5.69 Å². The fourth-order valence-corrected chi connectivity index (χ4v) is 3.32. The molecule has 4 heterocycles. The first-order valence-corrected chi connectivity index (χ1v) is 6.89. The summed E-state index contributed by atoms with van der Waals surface area (Å²) in [7, 11) is 0. The first-order valence-electron chi connectivity index (χ1n) is 6.89. The Morgan fingerprint density at radius 2 is 1.90 bits per heavy atom. The van der Waals surface area contributed by atoms with Crippen LogP contribution in [0, 0.1) is 11.8 Å². The number of rotatable bonds is 1. The fourth-order valence-electron chi connectivity index (χ4n) is 3.32. The standard InChI is InChI=1S/C13H14F3N5/c14-13(15,16)11-3-10-12(18-1-2-21(10)19-11)20-6-8-4-17-5-9(8)7-20/h1-3,8-9,17H,4-7H2/t8-,9+. The largest absolute Gasteiger partial charge is 0.435 e. The Morgan fingerprint density at radius 3 is 2.57 bits per heavy atom. The number of nitrogens with one attached hydrogen (secondary N) is 1. The normalized spacial score (nSPS) is 25.8. The molecule has 0 spiro atoms. The zero-order chi connectivity index (χ0) is 14.6. The van der Waals surface area contributed by atoms with Gasteiger partial charge in [-0.15, -0.1) is 0 Å². The predicted octanol–water partition coefficient (Wildman–Crippen LogP) is 1.40. The summed E-state index contributed by atoms with van der Waals surface area (Å²) in [5, 5.41) is 6.94. The van der Waals surface area contributed by atoms with Gasteiger partial charge in [0.1, 0.15) is 5.52 Å². The van der Waals surface area contributed by atoms with Crippen LogP contribution < -0.4 is 10.2 Å². The Morgan fingerprint density at radius 1 is 1.19 bits per heavy atom. The number of anilines is 1. The molecule has 2 aromatic rings. The molecule has 0 amide bonds. The van der Waals surface area contributed by atoms with Crippen LogP contribution in [0.2, 0.25) is 0 Å². The number of halogens is 3. The van der Waals surface area contributed by atoms with Gasteiger partial charge in [-0.05, 0) is 11.8 Å². The lowest BCUT2D eigenvalue weighted by molar-refractivity contribution is -0.141. The molecule has 2 fully saturated rings. The second kappa shape index (κ2) is 4.33. The summed E-state index contributed by atoms with van der Waals surface area (Å²) in [4.78, 5) is 6.37. The molecule has 2 saturated heterocycles. The molecule has 0 bridgehead atoms. The highest BCUT2D eigenvalue weighted by molar-refractivity contribution is 5.69. The maximum Gasteiger partial charge on any atom is 0.435 e. The molecule has 0 saturated carbocycles. The molecule has 0 aliphatic carbocycles. The van der Waals surface area contributed by atoms with Gasteiger partial charge in [0.15, 0.2) is 11.5 Å². The second-order valence-corrected chi connectivity index (χ2v) is 5.69. The zero-order valence-electron chi connectivity index (χ0n) is 11.1. The molecule has 8 heteroatoms. The molecular formula is C13H14F3N5. The summed E-state index contributed by atoms with van der Waals surface area (Å²) in [6.07, 6.45) is -1.48. The molecule has 1 N–H and O–H groups in total. The van der Waals surface area contributed by atoms with E-state index in [-0.39, 0.29) is 0 Å². The third-order valence-electron chi connectivity index (χ3n) is 4.35. The van der Waals surface area contributed by atoms with Gasteiger partial charge in [-0.1, -0.05) is 0 Å². The predicted molar refractivity (Wildman–Crippen MR) is 70.1 cm³/mol. The molecule has 2 aliphatic heterocycles. The minimum Gasteiger partial charge on any atom is -0.354 e. The molecule has 4 rings (SSSR count). The number of aromatic nitrogens is 3. The molecule has 2 aromatic heterocycles. The van der Waals surface area contributed by atoms with Crippen LogP contribution in [0.25, 0.3) is 5.52 Å². The highest BCUT2D eigenvalue weighted by Gasteiger charge is 2.38. The van der Waals surface area contributed by atoms with Crippen molar-refractivity contribution in [3.8, 4) is 0 Å². The van der Waals surface area contributed by atoms with E-state index >= 15 is 0 Å². The smallest absolute Gasteiger partial charge is 0.354 e. The average Bonchev–Trinajstić information content (AvgIpc) is 3.10. The maximum absolute atomic E-state index is 12.8. The van der Waals surface area contributed by atoms with Gasteiger partial charge in [-0.25, -0.2) is 9.50 Å². The van der Waals surface area contributed by atoms with Gasteiger partial charge in [-0.3, -0.25) is 0 Å². The van der Waals surface area contributed by atoms with E-state index in [1.54, 1.807) is 0 Å². The monoisotopic (exact) mass is 297 g/mol. The van der Waals surface area contributed by atoms with Crippen LogP contribution in [0.15, 0.2) is 18.5 Å². The summed E-state index contributed by atoms with van der Waals surface area (Å²) in [5.41, 5.74) is -0.462. The van der Waals surface area contributed by atoms with Crippen LogP contribution in [-0.4, -0.2) is 40.8 Å². The van der Waals surface area contributed by atoms with Crippen molar-refractivity contribution >= 4 is 11.3 Å².